The molecule has 0 saturated heterocycles. The number of hydrogen-bond acceptors (Lipinski definition) is 8. The molecule has 2 aromatic rings. The van der Waals surface area contributed by atoms with E-state index in [0.29, 0.717) is 11.5 Å². The Labute approximate surface area is 139 Å². The third-order valence-electron chi connectivity index (χ3n) is 2.80. The van der Waals surface area contributed by atoms with E-state index in [-0.39, 0.29) is 22.9 Å². The number of nitro groups is 1. The van der Waals surface area contributed by atoms with Crippen molar-refractivity contribution >= 4 is 11.5 Å². The molecule has 24 heavy (non-hydrogen) atoms. The summed E-state index contributed by atoms with van der Waals surface area (Å²) in [4.78, 5) is 18.6. The van der Waals surface area contributed by atoms with Crippen LogP contribution in [-0.4, -0.2) is 27.5 Å². The molecule has 9 heteroatoms. The molecule has 128 valence electrons. The first-order valence-electron chi connectivity index (χ1n) is 7.14. The first-order chi connectivity index (χ1) is 11.3. The lowest BCUT2D eigenvalue weighted by atomic mass is 10.1. The third-order valence-corrected chi connectivity index (χ3v) is 2.80. The standard InChI is InChI=1S/C15H19N5O4/c1-15(2,3)19-18-13-12(20(21)22)14(17-9-16-13)24-11-7-5-10(23-4)6-8-11/h5-9,19H,1-4H3,(H,16,17,18). The number of rotatable bonds is 6. The minimum Gasteiger partial charge on any atom is -0.497 e. The van der Waals surface area contributed by atoms with Gasteiger partial charge < -0.3 is 9.47 Å². The number of hydrazine groups is 1. The third kappa shape index (κ3) is 4.53. The summed E-state index contributed by atoms with van der Waals surface area (Å²) in [6.45, 7) is 5.71. The highest BCUT2D eigenvalue weighted by atomic mass is 16.6. The molecule has 1 aromatic carbocycles. The highest BCUT2D eigenvalue weighted by Gasteiger charge is 2.26. The van der Waals surface area contributed by atoms with Crippen LogP contribution in [0.3, 0.4) is 0 Å². The van der Waals surface area contributed by atoms with Crippen molar-refractivity contribution in [1.82, 2.24) is 15.4 Å². The van der Waals surface area contributed by atoms with E-state index in [1.54, 1.807) is 31.4 Å². The van der Waals surface area contributed by atoms with Crippen LogP contribution in [0.5, 0.6) is 17.4 Å². The second kappa shape index (κ2) is 7.09. The van der Waals surface area contributed by atoms with E-state index in [1.165, 1.54) is 6.33 Å². The summed E-state index contributed by atoms with van der Waals surface area (Å²) in [5.74, 6) is 0.912. The number of benzene rings is 1. The predicted molar refractivity (Wildman–Crippen MR) is 88.3 cm³/mol. The first kappa shape index (κ1) is 17.4. The van der Waals surface area contributed by atoms with E-state index in [0.717, 1.165) is 0 Å². The van der Waals surface area contributed by atoms with Crippen molar-refractivity contribution in [3.8, 4) is 17.4 Å². The van der Waals surface area contributed by atoms with Gasteiger partial charge in [-0.3, -0.25) is 15.5 Å². The fourth-order valence-electron chi connectivity index (χ4n) is 1.70. The zero-order valence-corrected chi connectivity index (χ0v) is 13.9. The van der Waals surface area contributed by atoms with Crippen LogP contribution in [-0.2, 0) is 0 Å². The Morgan fingerprint density at radius 1 is 1.12 bits per heavy atom. The minimum absolute atomic E-state index is 0.0217. The molecule has 2 N–H and O–H groups in total. The lowest BCUT2D eigenvalue weighted by molar-refractivity contribution is -0.385. The van der Waals surface area contributed by atoms with Crippen LogP contribution in [0.15, 0.2) is 30.6 Å². The zero-order chi connectivity index (χ0) is 17.7. The fourth-order valence-corrected chi connectivity index (χ4v) is 1.70. The van der Waals surface area contributed by atoms with Crippen molar-refractivity contribution in [2.24, 2.45) is 0 Å². The second-order valence-electron chi connectivity index (χ2n) is 5.91. The molecule has 2 rings (SSSR count). The maximum atomic E-state index is 11.4. The van der Waals surface area contributed by atoms with Gasteiger partial charge in [0, 0.05) is 5.54 Å². The van der Waals surface area contributed by atoms with Gasteiger partial charge >= 0.3 is 11.6 Å². The molecule has 0 bridgehead atoms. The van der Waals surface area contributed by atoms with Gasteiger partial charge in [-0.05, 0) is 45.0 Å². The average Bonchev–Trinajstić information content (AvgIpc) is 2.52. The topological polar surface area (TPSA) is 111 Å². The van der Waals surface area contributed by atoms with Gasteiger partial charge in [0.15, 0.2) is 0 Å². The van der Waals surface area contributed by atoms with Crippen LogP contribution in [0.4, 0.5) is 11.5 Å². The summed E-state index contributed by atoms with van der Waals surface area (Å²) in [6, 6.07) is 6.63. The Kier molecular flexibility index (Phi) is 5.14. The second-order valence-corrected chi connectivity index (χ2v) is 5.91. The van der Waals surface area contributed by atoms with Crippen LogP contribution in [0.25, 0.3) is 0 Å². The first-order valence-corrected chi connectivity index (χ1v) is 7.14. The van der Waals surface area contributed by atoms with Gasteiger partial charge in [-0.15, -0.1) is 0 Å². The molecule has 0 aliphatic carbocycles. The van der Waals surface area contributed by atoms with Gasteiger partial charge in [-0.2, -0.15) is 4.98 Å². The van der Waals surface area contributed by atoms with Crippen LogP contribution in [0, 0.1) is 10.1 Å². The Balaban J connectivity index is 2.29. The number of methoxy groups -OCH3 is 1. The largest absolute Gasteiger partial charge is 0.497 e. The van der Waals surface area contributed by atoms with Crippen LogP contribution in [0.2, 0.25) is 0 Å². The van der Waals surface area contributed by atoms with Crippen molar-refractivity contribution in [2.45, 2.75) is 26.3 Å². The molecule has 0 amide bonds. The fraction of sp³-hybridized carbons (Fsp3) is 0.333. The molecule has 0 saturated carbocycles. The minimum atomic E-state index is -0.592. The normalized spacial score (nSPS) is 11.0. The van der Waals surface area contributed by atoms with E-state index in [1.807, 2.05) is 20.8 Å². The van der Waals surface area contributed by atoms with Gasteiger partial charge in [0.05, 0.1) is 12.0 Å². The van der Waals surface area contributed by atoms with E-state index < -0.39 is 4.92 Å². The Bertz CT molecular complexity index is 713. The lowest BCUT2D eigenvalue weighted by Crippen LogP contribution is -2.40. The SMILES string of the molecule is COc1ccc(Oc2ncnc(NNC(C)(C)C)c2[N+](=O)[O-])cc1. The van der Waals surface area contributed by atoms with Gasteiger partial charge in [0.25, 0.3) is 0 Å². The molecule has 0 aliphatic rings. The highest BCUT2D eigenvalue weighted by Crippen LogP contribution is 2.34. The Morgan fingerprint density at radius 2 is 1.75 bits per heavy atom. The van der Waals surface area contributed by atoms with E-state index in [2.05, 4.69) is 20.8 Å². The van der Waals surface area contributed by atoms with Crippen molar-refractivity contribution in [1.29, 1.82) is 0 Å². The maximum absolute atomic E-state index is 11.4. The maximum Gasteiger partial charge on any atom is 0.374 e. The van der Waals surface area contributed by atoms with E-state index in [4.69, 9.17) is 9.47 Å². The van der Waals surface area contributed by atoms with Gasteiger partial charge in [0.2, 0.25) is 5.82 Å². The Morgan fingerprint density at radius 3 is 2.29 bits per heavy atom. The molecular formula is C15H19N5O4. The molecule has 0 spiro atoms. The summed E-state index contributed by atoms with van der Waals surface area (Å²) in [7, 11) is 1.55. The van der Waals surface area contributed by atoms with Gasteiger partial charge in [-0.25, -0.2) is 10.4 Å². The van der Waals surface area contributed by atoms with Crippen molar-refractivity contribution in [3.63, 3.8) is 0 Å². The van der Waals surface area contributed by atoms with Gasteiger partial charge in [0.1, 0.15) is 17.8 Å². The number of nitrogens with one attached hydrogen (secondary N) is 2. The molecule has 0 unspecified atom stereocenters. The summed E-state index contributed by atoms with van der Waals surface area (Å²) < 4.78 is 10.6. The zero-order valence-electron chi connectivity index (χ0n) is 13.9. The molecular weight excluding hydrogens is 314 g/mol. The number of anilines is 1. The number of hydrogen-bond donors (Lipinski definition) is 2. The molecule has 1 aromatic heterocycles. The van der Waals surface area contributed by atoms with Gasteiger partial charge in [-0.1, -0.05) is 0 Å². The van der Waals surface area contributed by atoms with E-state index in [9.17, 15) is 10.1 Å². The molecule has 9 nitrogen and oxygen atoms in total. The van der Waals surface area contributed by atoms with Crippen LogP contribution >= 0.6 is 0 Å². The number of ether oxygens (including phenoxy) is 2. The average molecular weight is 333 g/mol. The highest BCUT2D eigenvalue weighted by molar-refractivity contribution is 5.61. The molecule has 0 aliphatic heterocycles. The molecule has 0 atom stereocenters. The number of nitrogens with zero attached hydrogens (tertiary/aromatic N) is 3. The van der Waals surface area contributed by atoms with Crippen molar-refractivity contribution in [3.05, 3.63) is 40.7 Å². The summed E-state index contributed by atoms with van der Waals surface area (Å²) in [5, 5.41) is 11.4. The quantitative estimate of drug-likeness (QED) is 0.613. The smallest absolute Gasteiger partial charge is 0.374 e. The summed E-state index contributed by atoms with van der Waals surface area (Å²) in [5.41, 5.74) is 4.99. The van der Waals surface area contributed by atoms with E-state index >= 15 is 0 Å². The summed E-state index contributed by atoms with van der Waals surface area (Å²) >= 11 is 0. The molecule has 1 heterocycles. The van der Waals surface area contributed by atoms with Crippen LogP contribution in [0.1, 0.15) is 20.8 Å². The summed E-state index contributed by atoms with van der Waals surface area (Å²) in [6.07, 6.45) is 1.19. The molecule has 0 fully saturated rings. The Hall–Kier alpha value is -2.94. The lowest BCUT2D eigenvalue weighted by Gasteiger charge is -2.21. The number of aromatic nitrogens is 2. The predicted octanol–water partition coefficient (Wildman–Crippen LogP) is 2.90. The monoisotopic (exact) mass is 333 g/mol. The van der Waals surface area contributed by atoms with Crippen molar-refractivity contribution < 1.29 is 14.4 Å². The van der Waals surface area contributed by atoms with Crippen molar-refractivity contribution in [2.75, 3.05) is 12.5 Å². The molecule has 0 radical (unpaired) electrons. The van der Waals surface area contributed by atoms with Crippen LogP contribution < -0.4 is 20.3 Å².